The number of aromatic amines is 3. The van der Waals surface area contributed by atoms with Crippen molar-refractivity contribution in [1.29, 1.82) is 0 Å². The molecular formula is C70H73N19O6. The number of H-pyrrole nitrogens is 3. The highest BCUT2D eigenvalue weighted by atomic mass is 16.5. The predicted octanol–water partition coefficient (Wildman–Crippen LogP) is 11.1. The summed E-state index contributed by atoms with van der Waals surface area (Å²) in [6, 6.07) is 35.3. The number of nitrogens with zero attached hydrogens (tertiary/aromatic N) is 13. The van der Waals surface area contributed by atoms with Gasteiger partial charge in [-0.2, -0.15) is 0 Å². The minimum atomic E-state index is -0.305. The standard InChI is InChI=1S/C24H26N6O2.C23H23N7O2.C23H24N6O2/c1-15-27-22(25)21-23(28-15)30(24(31)29-21)14-18-9-12-20(26-13-18)32-19-10-7-17(8-11-19)4-2-3-16-5-6-16;1-15-27-21(24)20-22(28-15)30(23(31)29-20)14-17-8-11-19(26-13-17)32-18-9-6-16(7-10-18)5-3-4-12-25-2;1-14-26-21(24)20-22(27-14)29(23(30)28-20)13-17-8-11-19(25-12-17)31-18-9-6-16(7-10-18)5-4-15-2-3-15/h7-13,16H,2-6,14H2,1H3,(H,29,31)(H2,25,27,28);6-11,13H,3-5,12,14H2,1H3,(H,29,31)(H2,24,27,28);6-12,15H,2-5,13H2,1H3,(H,28,30)(H2,24,26,27). The Bertz CT molecular complexity index is 4850. The van der Waals surface area contributed by atoms with Crippen LogP contribution in [0.4, 0.5) is 17.5 Å². The maximum absolute atomic E-state index is 12.4. The van der Waals surface area contributed by atoms with Crippen molar-refractivity contribution in [3.8, 4) is 34.9 Å². The molecule has 2 fully saturated rings. The first kappa shape index (κ1) is 63.6. The van der Waals surface area contributed by atoms with Crippen LogP contribution >= 0.6 is 0 Å². The molecule has 484 valence electrons. The van der Waals surface area contributed by atoms with Crippen molar-refractivity contribution >= 4 is 50.9 Å². The van der Waals surface area contributed by atoms with Gasteiger partial charge in [-0.1, -0.05) is 86.7 Å². The summed E-state index contributed by atoms with van der Waals surface area (Å²) in [4.78, 5) is 87.1. The Hall–Kier alpha value is -11.6. The van der Waals surface area contributed by atoms with Crippen LogP contribution in [0.2, 0.25) is 0 Å². The number of unbranched alkanes of at least 4 members (excludes halogenated alkanes) is 1. The summed E-state index contributed by atoms with van der Waals surface area (Å²) in [5.41, 5.74) is 26.0. The van der Waals surface area contributed by atoms with E-state index in [2.05, 4.69) is 88.9 Å². The van der Waals surface area contributed by atoms with E-state index in [-0.39, 0.29) is 34.5 Å². The van der Waals surface area contributed by atoms with Gasteiger partial charge in [0.15, 0.2) is 34.4 Å². The minimum Gasteiger partial charge on any atom is -0.439 e. The van der Waals surface area contributed by atoms with Gasteiger partial charge < -0.3 is 51.2 Å². The van der Waals surface area contributed by atoms with Gasteiger partial charge in [0.25, 0.3) is 0 Å². The van der Waals surface area contributed by atoms with Crippen molar-refractivity contribution in [2.24, 2.45) is 11.8 Å². The summed E-state index contributed by atoms with van der Waals surface area (Å²) in [6.45, 7) is 13.5. The Labute approximate surface area is 545 Å². The SMILES string of the molecule is Cc1nc(N)c2[nH]c(=O)n(Cc3ccc(Oc4ccc(CCC5CC5)cc4)nc3)c2n1.Cc1nc(N)c2[nH]c(=O)n(Cc3ccc(Oc4ccc(CCCC5CC5)cc4)nc3)c2n1.[C-]#[N+]CCCCc1ccc(Oc2ccc(Cn3c(=O)[nH]c4c(N)nc(C)nc43)cn2)cc1. The third kappa shape index (κ3) is 16.6. The van der Waals surface area contributed by atoms with E-state index in [0.717, 1.165) is 72.1 Å². The average Bonchev–Trinajstić information content (AvgIpc) is 1.67. The van der Waals surface area contributed by atoms with Crippen molar-refractivity contribution in [1.82, 2.24) is 73.5 Å². The zero-order valence-electron chi connectivity index (χ0n) is 53.1. The van der Waals surface area contributed by atoms with Crippen molar-refractivity contribution in [2.75, 3.05) is 23.7 Å². The number of fused-ring (bicyclic) bond motifs is 3. The number of imidazole rings is 3. The predicted molar refractivity (Wildman–Crippen MR) is 363 cm³/mol. The molecule has 2 aliphatic rings. The quantitative estimate of drug-likeness (QED) is 0.0256. The zero-order valence-corrected chi connectivity index (χ0v) is 53.1. The van der Waals surface area contributed by atoms with E-state index in [1.807, 2.05) is 66.7 Å². The lowest BCUT2D eigenvalue weighted by Crippen LogP contribution is -2.18. The Morgan fingerprint density at radius 3 is 1.08 bits per heavy atom. The molecule has 0 aliphatic heterocycles. The van der Waals surface area contributed by atoms with Crippen LogP contribution in [0.1, 0.15) is 109 Å². The highest BCUT2D eigenvalue weighted by Gasteiger charge is 2.22. The smallest absolute Gasteiger partial charge is 0.328 e. The van der Waals surface area contributed by atoms with Crippen molar-refractivity contribution in [3.05, 3.63) is 222 Å². The molecule has 2 saturated carbocycles. The van der Waals surface area contributed by atoms with E-state index < -0.39 is 0 Å². The molecule has 0 atom stereocenters. The summed E-state index contributed by atoms with van der Waals surface area (Å²) >= 11 is 0. The monoisotopic (exact) mass is 1280 g/mol. The van der Waals surface area contributed by atoms with Gasteiger partial charge in [0.05, 0.1) is 19.6 Å². The number of pyridine rings is 3. The molecule has 95 heavy (non-hydrogen) atoms. The van der Waals surface area contributed by atoms with Gasteiger partial charge in [-0.05, 0) is 141 Å². The summed E-state index contributed by atoms with van der Waals surface area (Å²) < 4.78 is 22.1. The van der Waals surface area contributed by atoms with Crippen LogP contribution in [-0.2, 0) is 38.9 Å². The molecule has 0 radical (unpaired) electrons. The van der Waals surface area contributed by atoms with Crippen LogP contribution in [0.5, 0.6) is 34.9 Å². The lowest BCUT2D eigenvalue weighted by molar-refractivity contribution is 0.462. The van der Waals surface area contributed by atoms with E-state index in [1.54, 1.807) is 57.6 Å². The highest BCUT2D eigenvalue weighted by Crippen LogP contribution is 2.35. The first-order chi connectivity index (χ1) is 46.1. The van der Waals surface area contributed by atoms with E-state index in [0.29, 0.717) is 101 Å². The number of aryl methyl sites for hydroxylation is 6. The van der Waals surface area contributed by atoms with Gasteiger partial charge in [-0.3, -0.25) is 13.7 Å². The summed E-state index contributed by atoms with van der Waals surface area (Å²) in [6.07, 6.45) is 19.7. The van der Waals surface area contributed by atoms with E-state index >= 15 is 0 Å². The van der Waals surface area contributed by atoms with Crippen LogP contribution in [0.25, 0.3) is 38.3 Å². The number of nitrogens with one attached hydrogen (secondary N) is 3. The molecule has 0 saturated heterocycles. The average molecular weight is 1280 g/mol. The largest absolute Gasteiger partial charge is 0.439 e. The molecule has 9 N–H and O–H groups in total. The van der Waals surface area contributed by atoms with Gasteiger partial charge in [0.2, 0.25) is 24.2 Å². The summed E-state index contributed by atoms with van der Waals surface area (Å²) in [7, 11) is 0. The normalized spacial score (nSPS) is 12.7. The van der Waals surface area contributed by atoms with Gasteiger partial charge in [0, 0.05) is 43.2 Å². The Balaban J connectivity index is 0.000000136. The molecule has 0 unspecified atom stereocenters. The second kappa shape index (κ2) is 29.0. The number of nitrogens with two attached hydrogens (primary N) is 3. The van der Waals surface area contributed by atoms with Gasteiger partial charge in [0.1, 0.15) is 51.3 Å². The Morgan fingerprint density at radius 2 is 0.758 bits per heavy atom. The van der Waals surface area contributed by atoms with Crippen molar-refractivity contribution < 1.29 is 14.2 Å². The zero-order chi connectivity index (χ0) is 66.0. The molecule has 9 aromatic heterocycles. The number of ether oxygens (including phenoxy) is 3. The second-order valence-electron chi connectivity index (χ2n) is 24.0. The third-order valence-electron chi connectivity index (χ3n) is 16.4. The molecule has 0 amide bonds. The summed E-state index contributed by atoms with van der Waals surface area (Å²) in [5.74, 6) is 7.90. The fourth-order valence-electron chi connectivity index (χ4n) is 11.0. The van der Waals surface area contributed by atoms with Crippen LogP contribution in [0.15, 0.2) is 142 Å². The van der Waals surface area contributed by atoms with Crippen LogP contribution in [-0.4, -0.2) is 80.1 Å². The topological polar surface area (TPSA) is 339 Å². The lowest BCUT2D eigenvalue weighted by Gasteiger charge is -2.08. The molecule has 25 heteroatoms. The number of hydrogen-bond acceptors (Lipinski definition) is 18. The first-order valence-corrected chi connectivity index (χ1v) is 31.8. The number of anilines is 3. The maximum atomic E-state index is 12.4. The lowest BCUT2D eigenvalue weighted by atomic mass is 10.1. The molecule has 0 bridgehead atoms. The second-order valence-corrected chi connectivity index (χ2v) is 24.0. The Kier molecular flexibility index (Phi) is 19.4. The van der Waals surface area contributed by atoms with Crippen LogP contribution in [0.3, 0.4) is 0 Å². The third-order valence-corrected chi connectivity index (χ3v) is 16.4. The molecular weight excluding hydrogens is 1200 g/mol. The Morgan fingerprint density at radius 1 is 0.432 bits per heavy atom. The van der Waals surface area contributed by atoms with E-state index in [1.165, 1.54) is 75.3 Å². The molecule has 14 rings (SSSR count). The molecule has 2 aliphatic carbocycles. The first-order valence-electron chi connectivity index (χ1n) is 31.8. The number of hydrogen-bond donors (Lipinski definition) is 6. The highest BCUT2D eigenvalue weighted by molar-refractivity contribution is 5.83. The number of rotatable bonds is 23. The van der Waals surface area contributed by atoms with Crippen LogP contribution in [0, 0.1) is 39.2 Å². The van der Waals surface area contributed by atoms with Crippen molar-refractivity contribution in [3.63, 3.8) is 0 Å². The molecule has 25 nitrogen and oxygen atoms in total. The number of aromatic nitrogens is 15. The molecule has 3 aromatic carbocycles. The fraction of sp³-hybridized carbons (Fsp3) is 0.300. The van der Waals surface area contributed by atoms with Crippen molar-refractivity contribution in [2.45, 2.75) is 117 Å². The molecule has 0 spiro atoms. The number of benzene rings is 3. The maximum Gasteiger partial charge on any atom is 0.328 e. The van der Waals surface area contributed by atoms with E-state index in [4.69, 9.17) is 38.0 Å². The number of nitrogen functional groups attached to an aromatic ring is 3. The molecule has 12 aromatic rings. The van der Waals surface area contributed by atoms with Gasteiger partial charge >= 0.3 is 17.1 Å². The van der Waals surface area contributed by atoms with E-state index in [9.17, 15) is 14.4 Å². The summed E-state index contributed by atoms with van der Waals surface area (Å²) in [5, 5.41) is 0. The van der Waals surface area contributed by atoms with Gasteiger partial charge in [-0.15, -0.1) is 0 Å². The fourth-order valence-corrected chi connectivity index (χ4v) is 11.0. The van der Waals surface area contributed by atoms with Gasteiger partial charge in [-0.25, -0.2) is 65.8 Å². The minimum absolute atomic E-state index is 0.250. The molecule has 9 heterocycles. The van der Waals surface area contributed by atoms with Crippen LogP contribution < -0.4 is 48.5 Å².